The summed E-state index contributed by atoms with van der Waals surface area (Å²) in [5.41, 5.74) is -0.666. The molecule has 1 aliphatic rings. The molecule has 0 aliphatic heterocycles. The number of amides is 1. The highest BCUT2D eigenvalue weighted by molar-refractivity contribution is 5.90. The Kier molecular flexibility index (Phi) is 4.69. The van der Waals surface area contributed by atoms with E-state index in [-0.39, 0.29) is 0 Å². The molecule has 0 heterocycles. The molecule has 3 atom stereocenters. The molecule has 0 fully saturated rings. The van der Waals surface area contributed by atoms with E-state index in [1.165, 1.54) is 6.92 Å². The number of nitrogens with one attached hydrogen (secondary N) is 1. The van der Waals surface area contributed by atoms with E-state index < -0.39 is 35.2 Å². The molecule has 0 aromatic rings. The summed E-state index contributed by atoms with van der Waals surface area (Å²) in [7, 11) is 0. The Labute approximate surface area is 111 Å². The Bertz CT molecular complexity index is 417. The van der Waals surface area contributed by atoms with Crippen LogP contribution in [0.1, 0.15) is 33.1 Å². The molecule has 2 unspecified atom stereocenters. The van der Waals surface area contributed by atoms with Gasteiger partial charge in [-0.3, -0.25) is 9.59 Å². The first-order chi connectivity index (χ1) is 8.78. The van der Waals surface area contributed by atoms with Gasteiger partial charge in [-0.25, -0.2) is 4.79 Å². The lowest BCUT2D eigenvalue weighted by molar-refractivity contribution is -0.152. The first-order valence-corrected chi connectivity index (χ1v) is 6.19. The second kappa shape index (κ2) is 5.86. The van der Waals surface area contributed by atoms with Gasteiger partial charge in [0.15, 0.2) is 0 Å². The number of carbonyl (C=O) groups excluding carboxylic acids is 1. The van der Waals surface area contributed by atoms with Crippen molar-refractivity contribution in [3.05, 3.63) is 12.2 Å². The molecule has 19 heavy (non-hydrogen) atoms. The maximum Gasteiger partial charge on any atom is 0.327 e. The molecule has 1 rings (SSSR count). The van der Waals surface area contributed by atoms with Crippen molar-refractivity contribution in [1.82, 2.24) is 5.32 Å². The lowest BCUT2D eigenvalue weighted by Gasteiger charge is -2.31. The molecule has 0 bridgehead atoms. The van der Waals surface area contributed by atoms with Gasteiger partial charge in [0, 0.05) is 0 Å². The minimum Gasteiger partial charge on any atom is -0.481 e. The number of rotatable bonds is 5. The maximum atomic E-state index is 12.2. The van der Waals surface area contributed by atoms with Crippen LogP contribution in [0.5, 0.6) is 0 Å². The second-order valence-electron chi connectivity index (χ2n) is 5.19. The molecule has 1 aliphatic carbocycles. The summed E-state index contributed by atoms with van der Waals surface area (Å²) in [6.45, 7) is 3.03. The molecule has 106 valence electrons. The van der Waals surface area contributed by atoms with Gasteiger partial charge < -0.3 is 15.5 Å². The predicted octanol–water partition coefficient (Wildman–Crippen LogP) is 1.02. The van der Waals surface area contributed by atoms with Crippen LogP contribution in [0.25, 0.3) is 0 Å². The molecule has 6 heteroatoms. The Morgan fingerprint density at radius 2 is 1.84 bits per heavy atom. The van der Waals surface area contributed by atoms with Crippen molar-refractivity contribution < 1.29 is 24.6 Å². The van der Waals surface area contributed by atoms with Gasteiger partial charge in [0.05, 0.1) is 11.3 Å². The van der Waals surface area contributed by atoms with Gasteiger partial charge in [0.2, 0.25) is 5.91 Å². The van der Waals surface area contributed by atoms with Crippen molar-refractivity contribution in [2.75, 3.05) is 0 Å². The number of hydrogen-bond donors (Lipinski definition) is 3. The topological polar surface area (TPSA) is 104 Å². The molecule has 0 aromatic heterocycles. The van der Waals surface area contributed by atoms with Crippen LogP contribution < -0.4 is 5.32 Å². The van der Waals surface area contributed by atoms with Gasteiger partial charge in [0.1, 0.15) is 6.04 Å². The van der Waals surface area contributed by atoms with E-state index in [1.54, 1.807) is 6.92 Å². The highest BCUT2D eigenvalue weighted by Crippen LogP contribution is 2.32. The fourth-order valence-corrected chi connectivity index (χ4v) is 2.03. The lowest BCUT2D eigenvalue weighted by Crippen LogP contribution is -2.52. The molecule has 0 spiro atoms. The van der Waals surface area contributed by atoms with Crippen LogP contribution in [0.4, 0.5) is 0 Å². The third kappa shape index (κ3) is 3.56. The van der Waals surface area contributed by atoms with Crippen LogP contribution in [0.15, 0.2) is 12.2 Å². The van der Waals surface area contributed by atoms with E-state index in [0.717, 1.165) is 6.42 Å². The normalized spacial score (nSPS) is 25.4. The zero-order valence-electron chi connectivity index (χ0n) is 11.0. The first-order valence-electron chi connectivity index (χ1n) is 6.19. The number of allylic oxidation sites excluding steroid dienone is 2. The van der Waals surface area contributed by atoms with Crippen LogP contribution in [0.3, 0.4) is 0 Å². The average Bonchev–Trinajstić information content (AvgIpc) is 2.35. The van der Waals surface area contributed by atoms with Crippen molar-refractivity contribution in [3.8, 4) is 0 Å². The monoisotopic (exact) mass is 269 g/mol. The Hall–Kier alpha value is -1.85. The molecular weight excluding hydrogens is 250 g/mol. The molecule has 3 N–H and O–H groups in total. The SMILES string of the molecule is CC(C(=O)O)[C@H](NC(=O)C1(C)CC=CCC1)C(=O)O. The minimum absolute atomic E-state index is 0.405. The first kappa shape index (κ1) is 15.2. The number of aliphatic carboxylic acids is 2. The summed E-state index contributed by atoms with van der Waals surface area (Å²) in [4.78, 5) is 34.1. The van der Waals surface area contributed by atoms with E-state index in [0.29, 0.717) is 12.8 Å². The van der Waals surface area contributed by atoms with Gasteiger partial charge >= 0.3 is 11.9 Å². The Morgan fingerprint density at radius 1 is 1.21 bits per heavy atom. The van der Waals surface area contributed by atoms with Gasteiger partial charge in [0.25, 0.3) is 0 Å². The predicted molar refractivity (Wildman–Crippen MR) is 67.5 cm³/mol. The van der Waals surface area contributed by atoms with Gasteiger partial charge in [-0.05, 0) is 26.2 Å². The van der Waals surface area contributed by atoms with Crippen molar-refractivity contribution in [2.24, 2.45) is 11.3 Å². The highest BCUT2D eigenvalue weighted by atomic mass is 16.4. The second-order valence-corrected chi connectivity index (χ2v) is 5.19. The zero-order valence-corrected chi connectivity index (χ0v) is 11.0. The van der Waals surface area contributed by atoms with E-state index in [2.05, 4.69) is 5.32 Å². The van der Waals surface area contributed by atoms with Crippen molar-refractivity contribution >= 4 is 17.8 Å². The number of hydrogen-bond acceptors (Lipinski definition) is 3. The van der Waals surface area contributed by atoms with Crippen LogP contribution in [-0.2, 0) is 14.4 Å². The summed E-state index contributed by atoms with van der Waals surface area (Å²) in [5.74, 6) is -4.17. The third-order valence-corrected chi connectivity index (χ3v) is 3.59. The van der Waals surface area contributed by atoms with E-state index in [9.17, 15) is 14.4 Å². The van der Waals surface area contributed by atoms with Crippen molar-refractivity contribution in [2.45, 2.75) is 39.2 Å². The summed E-state index contributed by atoms with van der Waals surface area (Å²) in [6.07, 6.45) is 5.79. The fraction of sp³-hybridized carbons (Fsp3) is 0.615. The zero-order chi connectivity index (χ0) is 14.6. The summed E-state index contributed by atoms with van der Waals surface area (Å²) >= 11 is 0. The number of carboxylic acid groups (broad SMARTS) is 2. The van der Waals surface area contributed by atoms with Gasteiger partial charge in [-0.15, -0.1) is 0 Å². The number of carbonyl (C=O) groups is 3. The Balaban J connectivity index is 2.79. The van der Waals surface area contributed by atoms with Crippen LogP contribution in [0, 0.1) is 11.3 Å². The van der Waals surface area contributed by atoms with Crippen molar-refractivity contribution in [1.29, 1.82) is 0 Å². The van der Waals surface area contributed by atoms with E-state index >= 15 is 0 Å². The number of carboxylic acids is 2. The van der Waals surface area contributed by atoms with E-state index in [1.807, 2.05) is 12.2 Å². The van der Waals surface area contributed by atoms with Gasteiger partial charge in [-0.2, -0.15) is 0 Å². The summed E-state index contributed by atoms with van der Waals surface area (Å²) in [5, 5.41) is 20.2. The molecule has 0 saturated carbocycles. The molecule has 6 nitrogen and oxygen atoms in total. The summed E-state index contributed by atoms with van der Waals surface area (Å²) < 4.78 is 0. The lowest BCUT2D eigenvalue weighted by atomic mass is 9.78. The smallest absolute Gasteiger partial charge is 0.327 e. The molecular formula is C13H19NO5. The van der Waals surface area contributed by atoms with Crippen LogP contribution in [0.2, 0.25) is 0 Å². The quantitative estimate of drug-likeness (QED) is 0.646. The maximum absolute atomic E-state index is 12.2. The molecule has 0 saturated heterocycles. The standard InChI is InChI=1S/C13H19NO5/c1-8(10(15)16)9(11(17)18)14-12(19)13(2)6-4-3-5-7-13/h3-4,8-9H,5-7H2,1-2H3,(H,14,19)(H,15,16)(H,17,18)/t8?,9-,13?/m0/s1. The van der Waals surface area contributed by atoms with E-state index in [4.69, 9.17) is 10.2 Å². The minimum atomic E-state index is -1.41. The molecule has 1 amide bonds. The molecule has 0 radical (unpaired) electrons. The fourth-order valence-electron chi connectivity index (χ4n) is 2.03. The average molecular weight is 269 g/mol. The Morgan fingerprint density at radius 3 is 2.26 bits per heavy atom. The third-order valence-electron chi connectivity index (χ3n) is 3.59. The summed E-state index contributed by atoms with van der Waals surface area (Å²) in [6, 6.07) is -1.41. The van der Waals surface area contributed by atoms with Crippen molar-refractivity contribution in [3.63, 3.8) is 0 Å². The van der Waals surface area contributed by atoms with Crippen LogP contribution in [-0.4, -0.2) is 34.1 Å². The largest absolute Gasteiger partial charge is 0.481 e. The van der Waals surface area contributed by atoms with Crippen LogP contribution >= 0.6 is 0 Å². The highest BCUT2D eigenvalue weighted by Gasteiger charge is 2.38. The molecule has 0 aromatic carbocycles. The van der Waals surface area contributed by atoms with Gasteiger partial charge in [-0.1, -0.05) is 19.1 Å².